The van der Waals surface area contributed by atoms with Gasteiger partial charge in [-0.3, -0.25) is 4.79 Å². The van der Waals surface area contributed by atoms with Gasteiger partial charge in [0.05, 0.1) is 17.2 Å². The Morgan fingerprint density at radius 1 is 1.55 bits per heavy atom. The van der Waals surface area contributed by atoms with Crippen molar-refractivity contribution in [1.82, 2.24) is 5.32 Å². The normalized spacial score (nSPS) is 19.4. The van der Waals surface area contributed by atoms with Crippen LogP contribution in [0.3, 0.4) is 0 Å². The maximum Gasteiger partial charge on any atom is 0.261 e. The minimum Gasteiger partial charge on any atom is -0.467 e. The Kier molecular flexibility index (Phi) is 3.66. The van der Waals surface area contributed by atoms with Gasteiger partial charge in [0.1, 0.15) is 5.76 Å². The Morgan fingerprint density at radius 2 is 2.40 bits per heavy atom. The summed E-state index contributed by atoms with van der Waals surface area (Å²) in [6.45, 7) is 4.21. The van der Waals surface area contributed by atoms with Crippen LogP contribution in [0, 0.1) is 5.92 Å². The summed E-state index contributed by atoms with van der Waals surface area (Å²) in [6.07, 6.45) is 5.08. The summed E-state index contributed by atoms with van der Waals surface area (Å²) in [5, 5.41) is 3.00. The molecule has 106 valence electrons. The van der Waals surface area contributed by atoms with Crippen LogP contribution in [-0.4, -0.2) is 5.91 Å². The fraction of sp³-hybridized carbons (Fsp3) is 0.438. The lowest BCUT2D eigenvalue weighted by atomic mass is 9.90. The number of fused-ring (bicyclic) bond motifs is 1. The van der Waals surface area contributed by atoms with Crippen LogP contribution in [-0.2, 0) is 12.8 Å². The van der Waals surface area contributed by atoms with Crippen molar-refractivity contribution in [1.29, 1.82) is 0 Å². The number of amides is 1. The topological polar surface area (TPSA) is 42.2 Å². The van der Waals surface area contributed by atoms with Crippen LogP contribution in [0.5, 0.6) is 0 Å². The van der Waals surface area contributed by atoms with E-state index in [4.69, 9.17) is 4.42 Å². The molecule has 0 saturated heterocycles. The number of thiophene rings is 1. The molecule has 0 aromatic carbocycles. The summed E-state index contributed by atoms with van der Waals surface area (Å²) < 4.78 is 5.32. The molecule has 0 unspecified atom stereocenters. The molecule has 2 atom stereocenters. The van der Waals surface area contributed by atoms with Gasteiger partial charge in [0.25, 0.3) is 5.91 Å². The first-order chi connectivity index (χ1) is 9.63. The molecule has 20 heavy (non-hydrogen) atoms. The third-order valence-electron chi connectivity index (χ3n) is 3.87. The molecule has 1 aliphatic carbocycles. The van der Waals surface area contributed by atoms with Crippen molar-refractivity contribution in [3.05, 3.63) is 45.5 Å². The Hall–Kier alpha value is -1.55. The fourth-order valence-electron chi connectivity index (χ4n) is 2.69. The maximum absolute atomic E-state index is 12.3. The lowest BCUT2D eigenvalue weighted by Gasteiger charge is -2.16. The maximum atomic E-state index is 12.3. The number of nitrogens with one attached hydrogen (secondary N) is 1. The second-order valence-electron chi connectivity index (χ2n) is 5.62. The van der Waals surface area contributed by atoms with Crippen molar-refractivity contribution in [2.75, 3.05) is 0 Å². The van der Waals surface area contributed by atoms with Crippen LogP contribution < -0.4 is 5.32 Å². The molecule has 0 bridgehead atoms. The second kappa shape index (κ2) is 5.44. The minimum absolute atomic E-state index is 0.000882. The molecular weight excluding hydrogens is 270 g/mol. The average Bonchev–Trinajstić information content (AvgIpc) is 3.07. The molecule has 3 nitrogen and oxygen atoms in total. The molecule has 0 saturated carbocycles. The molecule has 1 amide bonds. The van der Waals surface area contributed by atoms with Crippen molar-refractivity contribution in [2.24, 2.45) is 5.92 Å². The zero-order valence-electron chi connectivity index (χ0n) is 11.8. The van der Waals surface area contributed by atoms with Crippen LogP contribution in [0.25, 0.3) is 0 Å². The Bertz CT molecular complexity index is 600. The SMILES string of the molecule is C[C@@H]1CCc2sc(C(=O)N[C@H](C)c3ccco3)cc2C1. The predicted molar refractivity (Wildman–Crippen MR) is 80.1 cm³/mol. The van der Waals surface area contributed by atoms with Gasteiger partial charge in [0, 0.05) is 4.88 Å². The van der Waals surface area contributed by atoms with Crippen molar-refractivity contribution in [3.8, 4) is 0 Å². The lowest BCUT2D eigenvalue weighted by Crippen LogP contribution is -2.25. The van der Waals surface area contributed by atoms with Crippen LogP contribution in [0.1, 0.15) is 52.2 Å². The van der Waals surface area contributed by atoms with Gasteiger partial charge in [0.15, 0.2) is 0 Å². The van der Waals surface area contributed by atoms with Gasteiger partial charge in [-0.2, -0.15) is 0 Å². The molecule has 0 spiro atoms. The van der Waals surface area contributed by atoms with E-state index in [-0.39, 0.29) is 11.9 Å². The van der Waals surface area contributed by atoms with E-state index in [2.05, 4.69) is 18.3 Å². The standard InChI is InChI=1S/C16H19NO2S/c1-10-5-6-14-12(8-10)9-15(20-14)16(18)17-11(2)13-4-3-7-19-13/h3-4,7,9-11H,5-6,8H2,1-2H3,(H,17,18)/t10-,11-/m1/s1. The largest absolute Gasteiger partial charge is 0.467 e. The van der Waals surface area contributed by atoms with Crippen molar-refractivity contribution in [3.63, 3.8) is 0 Å². The third kappa shape index (κ3) is 2.66. The highest BCUT2D eigenvalue weighted by Gasteiger charge is 2.21. The predicted octanol–water partition coefficient (Wildman–Crippen LogP) is 3.96. The van der Waals surface area contributed by atoms with Crippen LogP contribution >= 0.6 is 11.3 Å². The van der Waals surface area contributed by atoms with Crippen molar-refractivity contribution in [2.45, 2.75) is 39.2 Å². The number of aryl methyl sites for hydroxylation is 1. The second-order valence-corrected chi connectivity index (χ2v) is 6.75. The van der Waals surface area contributed by atoms with Gasteiger partial charge >= 0.3 is 0 Å². The Labute approximate surface area is 123 Å². The zero-order chi connectivity index (χ0) is 14.1. The highest BCUT2D eigenvalue weighted by molar-refractivity contribution is 7.14. The number of rotatable bonds is 3. The number of carbonyl (C=O) groups is 1. The molecule has 4 heteroatoms. The van der Waals surface area contributed by atoms with E-state index in [0.717, 1.165) is 29.4 Å². The summed E-state index contributed by atoms with van der Waals surface area (Å²) in [4.78, 5) is 14.5. The van der Waals surface area contributed by atoms with E-state index in [0.29, 0.717) is 0 Å². The molecule has 1 N–H and O–H groups in total. The average molecular weight is 289 g/mol. The van der Waals surface area contributed by atoms with Crippen LogP contribution in [0.4, 0.5) is 0 Å². The zero-order valence-corrected chi connectivity index (χ0v) is 12.6. The van der Waals surface area contributed by atoms with Crippen molar-refractivity contribution < 1.29 is 9.21 Å². The number of carbonyl (C=O) groups excluding carboxylic acids is 1. The van der Waals surface area contributed by atoms with Crippen LogP contribution in [0.15, 0.2) is 28.9 Å². The Balaban J connectivity index is 1.72. The van der Waals surface area contributed by atoms with Crippen LogP contribution in [0.2, 0.25) is 0 Å². The molecule has 1 aliphatic rings. The van der Waals surface area contributed by atoms with Gasteiger partial charge in [-0.05, 0) is 55.9 Å². The number of hydrogen-bond donors (Lipinski definition) is 1. The first kappa shape index (κ1) is 13.4. The van der Waals surface area contributed by atoms with Gasteiger partial charge in [-0.15, -0.1) is 11.3 Å². The van der Waals surface area contributed by atoms with Gasteiger partial charge in [-0.1, -0.05) is 6.92 Å². The highest BCUT2D eigenvalue weighted by Crippen LogP contribution is 2.32. The first-order valence-electron chi connectivity index (χ1n) is 7.09. The van der Waals surface area contributed by atoms with E-state index in [1.807, 2.05) is 19.1 Å². The lowest BCUT2D eigenvalue weighted by molar-refractivity contribution is 0.0939. The highest BCUT2D eigenvalue weighted by atomic mass is 32.1. The molecule has 2 aromatic heterocycles. The first-order valence-corrected chi connectivity index (χ1v) is 7.91. The monoisotopic (exact) mass is 289 g/mol. The molecule has 3 rings (SSSR count). The molecule has 0 fully saturated rings. The summed E-state index contributed by atoms with van der Waals surface area (Å²) in [5.74, 6) is 1.52. The summed E-state index contributed by atoms with van der Waals surface area (Å²) in [7, 11) is 0. The molecule has 0 radical (unpaired) electrons. The summed E-state index contributed by atoms with van der Waals surface area (Å²) >= 11 is 1.64. The smallest absolute Gasteiger partial charge is 0.261 e. The van der Waals surface area contributed by atoms with Gasteiger partial charge < -0.3 is 9.73 Å². The summed E-state index contributed by atoms with van der Waals surface area (Å²) in [6, 6.07) is 5.69. The quantitative estimate of drug-likeness (QED) is 0.929. The summed E-state index contributed by atoms with van der Waals surface area (Å²) in [5.41, 5.74) is 1.37. The van der Waals surface area contributed by atoms with E-state index >= 15 is 0 Å². The number of furan rings is 1. The van der Waals surface area contributed by atoms with E-state index < -0.39 is 0 Å². The fourth-order valence-corrected chi connectivity index (χ4v) is 3.81. The molecule has 0 aliphatic heterocycles. The van der Waals surface area contributed by atoms with Crippen molar-refractivity contribution >= 4 is 17.2 Å². The third-order valence-corrected chi connectivity index (χ3v) is 5.11. The van der Waals surface area contributed by atoms with E-state index in [1.165, 1.54) is 16.9 Å². The Morgan fingerprint density at radius 3 is 3.15 bits per heavy atom. The van der Waals surface area contributed by atoms with Gasteiger partial charge in [0.2, 0.25) is 0 Å². The number of hydrogen-bond acceptors (Lipinski definition) is 3. The molecular formula is C16H19NO2S. The molecule has 2 aromatic rings. The van der Waals surface area contributed by atoms with E-state index in [1.54, 1.807) is 17.6 Å². The molecule has 2 heterocycles. The van der Waals surface area contributed by atoms with Gasteiger partial charge in [-0.25, -0.2) is 0 Å². The van der Waals surface area contributed by atoms with E-state index in [9.17, 15) is 4.79 Å². The minimum atomic E-state index is -0.101.